The lowest BCUT2D eigenvalue weighted by molar-refractivity contribution is 0.146. The lowest BCUT2D eigenvalue weighted by Gasteiger charge is -2.26. The molecule has 1 amide bonds. The Hall–Kier alpha value is -2.14. The highest BCUT2D eigenvalue weighted by Gasteiger charge is 2.19. The third kappa shape index (κ3) is 2.44. The SMILES string of the molecule is O=C(Oc1ccc(F)c2ccccc12)N1CCNCC1. The van der Waals surface area contributed by atoms with Crippen LogP contribution in [0.4, 0.5) is 9.18 Å². The van der Waals surface area contributed by atoms with Gasteiger partial charge in [0, 0.05) is 37.0 Å². The minimum Gasteiger partial charge on any atom is -0.410 e. The highest BCUT2D eigenvalue weighted by molar-refractivity contribution is 5.90. The van der Waals surface area contributed by atoms with Gasteiger partial charge in [-0.25, -0.2) is 9.18 Å². The van der Waals surface area contributed by atoms with Gasteiger partial charge in [-0.1, -0.05) is 24.3 Å². The Morgan fingerprint density at radius 1 is 1.10 bits per heavy atom. The Labute approximate surface area is 116 Å². The van der Waals surface area contributed by atoms with E-state index >= 15 is 0 Å². The molecule has 1 heterocycles. The number of piperazine rings is 1. The van der Waals surface area contributed by atoms with E-state index in [1.807, 2.05) is 0 Å². The molecule has 1 aliphatic rings. The Morgan fingerprint density at radius 2 is 1.80 bits per heavy atom. The summed E-state index contributed by atoms with van der Waals surface area (Å²) in [6, 6.07) is 9.79. The van der Waals surface area contributed by atoms with Crippen LogP contribution < -0.4 is 10.1 Å². The van der Waals surface area contributed by atoms with Crippen molar-refractivity contribution in [3.63, 3.8) is 0 Å². The minimum absolute atomic E-state index is 0.317. The van der Waals surface area contributed by atoms with E-state index in [4.69, 9.17) is 4.74 Å². The molecule has 0 spiro atoms. The molecular formula is C15H15FN2O2. The number of hydrogen-bond donors (Lipinski definition) is 1. The smallest absolute Gasteiger partial charge is 0.410 e. The molecule has 20 heavy (non-hydrogen) atoms. The molecule has 1 fully saturated rings. The van der Waals surface area contributed by atoms with Crippen LogP contribution in [-0.2, 0) is 0 Å². The van der Waals surface area contributed by atoms with Gasteiger partial charge in [-0.3, -0.25) is 0 Å². The first-order valence-electron chi connectivity index (χ1n) is 6.60. The number of hydrogen-bond acceptors (Lipinski definition) is 3. The first-order valence-corrected chi connectivity index (χ1v) is 6.60. The van der Waals surface area contributed by atoms with Crippen molar-refractivity contribution in [3.05, 3.63) is 42.2 Å². The quantitative estimate of drug-likeness (QED) is 0.868. The van der Waals surface area contributed by atoms with Crippen LogP contribution in [-0.4, -0.2) is 37.2 Å². The van der Waals surface area contributed by atoms with Gasteiger partial charge in [0.15, 0.2) is 0 Å². The van der Waals surface area contributed by atoms with E-state index < -0.39 is 0 Å². The molecule has 1 N–H and O–H groups in total. The van der Waals surface area contributed by atoms with E-state index in [2.05, 4.69) is 5.32 Å². The summed E-state index contributed by atoms with van der Waals surface area (Å²) in [5.41, 5.74) is 0. The van der Waals surface area contributed by atoms with Crippen molar-refractivity contribution in [3.8, 4) is 5.75 Å². The molecule has 0 radical (unpaired) electrons. The fraction of sp³-hybridized carbons (Fsp3) is 0.267. The summed E-state index contributed by atoms with van der Waals surface area (Å²) < 4.78 is 19.1. The molecule has 4 nitrogen and oxygen atoms in total. The zero-order valence-electron chi connectivity index (χ0n) is 10.9. The zero-order valence-corrected chi connectivity index (χ0v) is 10.9. The Kier molecular flexibility index (Phi) is 3.52. The molecule has 2 aromatic rings. The number of fused-ring (bicyclic) bond motifs is 1. The van der Waals surface area contributed by atoms with Gasteiger partial charge in [0.1, 0.15) is 11.6 Å². The number of amides is 1. The Bertz CT molecular complexity index is 639. The van der Waals surface area contributed by atoms with Gasteiger partial charge < -0.3 is 15.0 Å². The Morgan fingerprint density at radius 3 is 2.55 bits per heavy atom. The van der Waals surface area contributed by atoms with Crippen molar-refractivity contribution in [1.29, 1.82) is 0 Å². The molecule has 0 unspecified atom stereocenters. The average molecular weight is 274 g/mol. The molecule has 3 rings (SSSR count). The fourth-order valence-electron chi connectivity index (χ4n) is 2.33. The standard InChI is InChI=1S/C15H15FN2O2/c16-13-5-6-14(12-4-2-1-3-11(12)13)20-15(19)18-9-7-17-8-10-18/h1-6,17H,7-10H2. The number of nitrogens with one attached hydrogen (secondary N) is 1. The first kappa shape index (κ1) is 12.9. The highest BCUT2D eigenvalue weighted by Crippen LogP contribution is 2.28. The molecule has 0 aliphatic carbocycles. The van der Waals surface area contributed by atoms with E-state index in [1.54, 1.807) is 29.2 Å². The summed E-state index contributed by atoms with van der Waals surface area (Å²) in [6.07, 6.45) is -0.386. The minimum atomic E-state index is -0.386. The summed E-state index contributed by atoms with van der Waals surface area (Å²) >= 11 is 0. The number of ether oxygens (including phenoxy) is 1. The van der Waals surface area contributed by atoms with Gasteiger partial charge in [0.2, 0.25) is 0 Å². The van der Waals surface area contributed by atoms with Crippen molar-refractivity contribution < 1.29 is 13.9 Å². The lowest BCUT2D eigenvalue weighted by atomic mass is 10.1. The molecule has 5 heteroatoms. The highest BCUT2D eigenvalue weighted by atomic mass is 19.1. The van der Waals surface area contributed by atoms with Gasteiger partial charge in [-0.15, -0.1) is 0 Å². The maximum absolute atomic E-state index is 13.7. The third-order valence-corrected chi connectivity index (χ3v) is 3.40. The molecular weight excluding hydrogens is 259 g/mol. The monoisotopic (exact) mass is 274 g/mol. The van der Waals surface area contributed by atoms with Gasteiger partial charge >= 0.3 is 6.09 Å². The zero-order chi connectivity index (χ0) is 13.9. The van der Waals surface area contributed by atoms with Crippen LogP contribution in [0.5, 0.6) is 5.75 Å². The summed E-state index contributed by atoms with van der Waals surface area (Å²) in [4.78, 5) is 13.7. The molecule has 0 bridgehead atoms. The molecule has 0 saturated carbocycles. The van der Waals surface area contributed by atoms with Crippen molar-refractivity contribution >= 4 is 16.9 Å². The maximum Gasteiger partial charge on any atom is 0.415 e. The molecule has 1 saturated heterocycles. The molecule has 2 aromatic carbocycles. The van der Waals surface area contributed by atoms with Crippen LogP contribution in [0.25, 0.3) is 10.8 Å². The van der Waals surface area contributed by atoms with Crippen LogP contribution in [0.1, 0.15) is 0 Å². The maximum atomic E-state index is 13.7. The van der Waals surface area contributed by atoms with Crippen molar-refractivity contribution in [2.24, 2.45) is 0 Å². The number of nitrogens with zero attached hydrogens (tertiary/aromatic N) is 1. The van der Waals surface area contributed by atoms with Crippen LogP contribution in [0, 0.1) is 5.82 Å². The van der Waals surface area contributed by atoms with Gasteiger partial charge in [-0.2, -0.15) is 0 Å². The second kappa shape index (κ2) is 5.46. The summed E-state index contributed by atoms with van der Waals surface area (Å²) in [6.45, 7) is 2.77. The lowest BCUT2D eigenvalue weighted by Crippen LogP contribution is -2.47. The number of carbonyl (C=O) groups is 1. The predicted molar refractivity (Wildman–Crippen MR) is 74.4 cm³/mol. The van der Waals surface area contributed by atoms with E-state index in [0.717, 1.165) is 13.1 Å². The molecule has 1 aliphatic heterocycles. The summed E-state index contributed by atoms with van der Waals surface area (Å²) in [5.74, 6) is 0.0769. The van der Waals surface area contributed by atoms with E-state index in [1.165, 1.54) is 12.1 Å². The summed E-state index contributed by atoms with van der Waals surface area (Å²) in [7, 11) is 0. The van der Waals surface area contributed by atoms with Gasteiger partial charge in [0.05, 0.1) is 0 Å². The molecule has 0 aromatic heterocycles. The Balaban J connectivity index is 1.87. The number of carbonyl (C=O) groups excluding carboxylic acids is 1. The van der Waals surface area contributed by atoms with Crippen LogP contribution in [0.3, 0.4) is 0 Å². The second-order valence-corrected chi connectivity index (χ2v) is 4.70. The summed E-state index contributed by atoms with van der Waals surface area (Å²) in [5, 5.41) is 4.24. The predicted octanol–water partition coefficient (Wildman–Crippen LogP) is 2.38. The van der Waals surface area contributed by atoms with Crippen molar-refractivity contribution in [1.82, 2.24) is 10.2 Å². The number of halogens is 1. The van der Waals surface area contributed by atoms with Crippen LogP contribution in [0.15, 0.2) is 36.4 Å². The van der Waals surface area contributed by atoms with E-state index in [-0.39, 0.29) is 11.9 Å². The van der Waals surface area contributed by atoms with Gasteiger partial charge in [-0.05, 0) is 12.1 Å². The van der Waals surface area contributed by atoms with E-state index in [0.29, 0.717) is 29.6 Å². The van der Waals surface area contributed by atoms with Gasteiger partial charge in [0.25, 0.3) is 0 Å². The number of benzene rings is 2. The van der Waals surface area contributed by atoms with Crippen LogP contribution >= 0.6 is 0 Å². The average Bonchev–Trinajstić information content (AvgIpc) is 2.51. The second-order valence-electron chi connectivity index (χ2n) is 4.70. The number of rotatable bonds is 1. The third-order valence-electron chi connectivity index (χ3n) is 3.40. The largest absolute Gasteiger partial charge is 0.415 e. The van der Waals surface area contributed by atoms with Crippen LogP contribution in [0.2, 0.25) is 0 Å². The molecule has 0 atom stereocenters. The topological polar surface area (TPSA) is 41.6 Å². The van der Waals surface area contributed by atoms with E-state index in [9.17, 15) is 9.18 Å². The van der Waals surface area contributed by atoms with Crippen molar-refractivity contribution in [2.45, 2.75) is 0 Å². The van der Waals surface area contributed by atoms with Crippen molar-refractivity contribution in [2.75, 3.05) is 26.2 Å². The molecule has 104 valence electrons. The fourth-order valence-corrected chi connectivity index (χ4v) is 2.33. The normalized spacial score (nSPS) is 15.3. The first-order chi connectivity index (χ1) is 9.75.